The van der Waals surface area contributed by atoms with Crippen molar-refractivity contribution in [1.82, 2.24) is 5.32 Å². The summed E-state index contributed by atoms with van der Waals surface area (Å²) in [7, 11) is 0. The van der Waals surface area contributed by atoms with Gasteiger partial charge >= 0.3 is 0 Å². The molecule has 96 valence electrons. The topological polar surface area (TPSA) is 12.0 Å². The summed E-state index contributed by atoms with van der Waals surface area (Å²) in [4.78, 5) is 0. The fraction of sp³-hybridized carbons (Fsp3) is 0.538. The average molecular weight is 306 g/mol. The van der Waals surface area contributed by atoms with Crippen LogP contribution in [0.25, 0.3) is 0 Å². The van der Waals surface area contributed by atoms with Crippen LogP contribution in [0.2, 0.25) is 0 Å². The standard InChI is InChI=1S/C13H18BrF2N/c1-4-12(8(2)3)17-7-9-11(15)6-5-10(14)13(9)16/h5-6,8,12,17H,4,7H2,1-3H3. The first-order valence-corrected chi connectivity index (χ1v) is 6.62. The Hall–Kier alpha value is -0.480. The summed E-state index contributed by atoms with van der Waals surface area (Å²) in [6, 6.07) is 2.93. The maximum Gasteiger partial charge on any atom is 0.144 e. The molecule has 1 atom stereocenters. The van der Waals surface area contributed by atoms with E-state index < -0.39 is 11.6 Å². The van der Waals surface area contributed by atoms with Gasteiger partial charge in [0.05, 0.1) is 4.47 Å². The Kier molecular flexibility index (Phi) is 5.53. The van der Waals surface area contributed by atoms with E-state index in [2.05, 4.69) is 42.0 Å². The maximum absolute atomic E-state index is 13.7. The van der Waals surface area contributed by atoms with Crippen molar-refractivity contribution in [2.75, 3.05) is 0 Å². The molecule has 4 heteroatoms. The Bertz CT molecular complexity index is 380. The minimum absolute atomic E-state index is 0.0958. The second kappa shape index (κ2) is 6.45. The van der Waals surface area contributed by atoms with Gasteiger partial charge in [-0.05, 0) is 40.4 Å². The minimum atomic E-state index is -0.517. The Morgan fingerprint density at radius 2 is 1.94 bits per heavy atom. The third kappa shape index (κ3) is 3.75. The van der Waals surface area contributed by atoms with Gasteiger partial charge in [0.2, 0.25) is 0 Å². The first-order valence-electron chi connectivity index (χ1n) is 5.83. The van der Waals surface area contributed by atoms with E-state index in [1.807, 2.05) is 0 Å². The summed E-state index contributed by atoms with van der Waals surface area (Å²) in [5.41, 5.74) is 0.0958. The van der Waals surface area contributed by atoms with Gasteiger partial charge in [-0.15, -0.1) is 0 Å². The summed E-state index contributed by atoms with van der Waals surface area (Å²) in [6.45, 7) is 6.46. The molecule has 0 saturated heterocycles. The van der Waals surface area contributed by atoms with Gasteiger partial charge in [-0.25, -0.2) is 8.78 Å². The lowest BCUT2D eigenvalue weighted by molar-refractivity contribution is 0.380. The largest absolute Gasteiger partial charge is 0.309 e. The van der Waals surface area contributed by atoms with Gasteiger partial charge in [0.15, 0.2) is 0 Å². The molecule has 0 aliphatic carbocycles. The molecule has 1 aromatic carbocycles. The molecular weight excluding hydrogens is 288 g/mol. The highest BCUT2D eigenvalue weighted by Crippen LogP contribution is 2.21. The van der Waals surface area contributed by atoms with Gasteiger partial charge in [-0.3, -0.25) is 0 Å². The highest BCUT2D eigenvalue weighted by molar-refractivity contribution is 9.10. The van der Waals surface area contributed by atoms with Gasteiger partial charge in [-0.2, -0.15) is 0 Å². The second-order valence-electron chi connectivity index (χ2n) is 4.46. The zero-order valence-electron chi connectivity index (χ0n) is 10.4. The Morgan fingerprint density at radius 1 is 1.29 bits per heavy atom. The monoisotopic (exact) mass is 305 g/mol. The number of hydrogen-bond donors (Lipinski definition) is 1. The van der Waals surface area contributed by atoms with Crippen LogP contribution in [-0.2, 0) is 6.54 Å². The van der Waals surface area contributed by atoms with Crippen molar-refractivity contribution in [1.29, 1.82) is 0 Å². The summed E-state index contributed by atoms with van der Waals surface area (Å²) >= 11 is 3.06. The molecule has 1 nitrogen and oxygen atoms in total. The van der Waals surface area contributed by atoms with E-state index in [0.29, 0.717) is 10.4 Å². The predicted octanol–water partition coefficient (Wildman–Crippen LogP) is 4.25. The van der Waals surface area contributed by atoms with E-state index in [1.165, 1.54) is 12.1 Å². The molecule has 1 unspecified atom stereocenters. The quantitative estimate of drug-likeness (QED) is 0.802. The lowest BCUT2D eigenvalue weighted by atomic mass is 10.0. The Balaban J connectivity index is 2.78. The van der Waals surface area contributed by atoms with Crippen molar-refractivity contribution >= 4 is 15.9 Å². The molecular formula is C13H18BrF2N. The molecule has 0 aliphatic heterocycles. The normalized spacial score (nSPS) is 13.1. The zero-order chi connectivity index (χ0) is 13.0. The summed E-state index contributed by atoms with van der Waals surface area (Å²) in [5.74, 6) is -0.578. The number of benzene rings is 1. The molecule has 1 rings (SSSR count). The summed E-state index contributed by atoms with van der Waals surface area (Å²) < 4.78 is 27.5. The van der Waals surface area contributed by atoms with Crippen LogP contribution in [0.1, 0.15) is 32.8 Å². The molecule has 1 aromatic rings. The smallest absolute Gasteiger partial charge is 0.144 e. The third-order valence-electron chi connectivity index (χ3n) is 2.92. The predicted molar refractivity (Wildman–Crippen MR) is 69.8 cm³/mol. The Morgan fingerprint density at radius 3 is 2.47 bits per heavy atom. The minimum Gasteiger partial charge on any atom is -0.309 e. The van der Waals surface area contributed by atoms with E-state index >= 15 is 0 Å². The molecule has 0 amide bonds. The molecule has 0 aliphatic rings. The van der Waals surface area contributed by atoms with Crippen molar-refractivity contribution in [2.24, 2.45) is 5.92 Å². The van der Waals surface area contributed by atoms with Crippen LogP contribution in [-0.4, -0.2) is 6.04 Å². The highest BCUT2D eigenvalue weighted by atomic mass is 79.9. The molecule has 0 aromatic heterocycles. The number of hydrogen-bond acceptors (Lipinski definition) is 1. The lowest BCUT2D eigenvalue weighted by Crippen LogP contribution is -2.33. The second-order valence-corrected chi connectivity index (χ2v) is 5.32. The van der Waals surface area contributed by atoms with Crippen LogP contribution in [0.5, 0.6) is 0 Å². The number of halogens is 3. The van der Waals surface area contributed by atoms with Crippen LogP contribution in [0, 0.1) is 17.6 Å². The van der Waals surface area contributed by atoms with Crippen molar-refractivity contribution in [3.63, 3.8) is 0 Å². The van der Waals surface area contributed by atoms with Crippen molar-refractivity contribution in [2.45, 2.75) is 39.8 Å². The third-order valence-corrected chi connectivity index (χ3v) is 3.54. The van der Waals surface area contributed by atoms with Crippen LogP contribution >= 0.6 is 15.9 Å². The van der Waals surface area contributed by atoms with Crippen LogP contribution in [0.3, 0.4) is 0 Å². The fourth-order valence-electron chi connectivity index (χ4n) is 1.82. The SMILES string of the molecule is CCC(NCc1c(F)ccc(Br)c1F)C(C)C. The van der Waals surface area contributed by atoms with E-state index in [9.17, 15) is 8.78 Å². The first-order chi connectivity index (χ1) is 7.97. The highest BCUT2D eigenvalue weighted by Gasteiger charge is 2.15. The van der Waals surface area contributed by atoms with Crippen LogP contribution < -0.4 is 5.32 Å². The van der Waals surface area contributed by atoms with E-state index in [4.69, 9.17) is 0 Å². The van der Waals surface area contributed by atoms with E-state index in [-0.39, 0.29) is 18.2 Å². The molecule has 1 N–H and O–H groups in total. The van der Waals surface area contributed by atoms with Gasteiger partial charge in [-0.1, -0.05) is 20.8 Å². The van der Waals surface area contributed by atoms with Crippen molar-refractivity contribution in [3.8, 4) is 0 Å². The molecule has 0 spiro atoms. The van der Waals surface area contributed by atoms with Gasteiger partial charge in [0.1, 0.15) is 11.6 Å². The zero-order valence-corrected chi connectivity index (χ0v) is 11.9. The summed E-state index contributed by atoms with van der Waals surface area (Å²) in [6.07, 6.45) is 0.939. The summed E-state index contributed by atoms with van der Waals surface area (Å²) in [5, 5.41) is 3.19. The first kappa shape index (κ1) is 14.6. The molecule has 0 bridgehead atoms. The van der Waals surface area contributed by atoms with Gasteiger partial charge < -0.3 is 5.32 Å². The number of rotatable bonds is 5. The Labute approximate surface area is 110 Å². The van der Waals surface area contributed by atoms with Crippen molar-refractivity contribution in [3.05, 3.63) is 33.8 Å². The molecule has 0 fully saturated rings. The van der Waals surface area contributed by atoms with E-state index in [1.54, 1.807) is 0 Å². The maximum atomic E-state index is 13.7. The van der Waals surface area contributed by atoms with Crippen LogP contribution in [0.15, 0.2) is 16.6 Å². The molecule has 0 radical (unpaired) electrons. The van der Waals surface area contributed by atoms with Gasteiger partial charge in [0, 0.05) is 18.2 Å². The van der Waals surface area contributed by atoms with Gasteiger partial charge in [0.25, 0.3) is 0 Å². The van der Waals surface area contributed by atoms with Crippen LogP contribution in [0.4, 0.5) is 8.78 Å². The fourth-order valence-corrected chi connectivity index (χ4v) is 2.19. The lowest BCUT2D eigenvalue weighted by Gasteiger charge is -2.21. The molecule has 0 heterocycles. The van der Waals surface area contributed by atoms with Crippen molar-refractivity contribution < 1.29 is 8.78 Å². The molecule has 17 heavy (non-hydrogen) atoms. The average Bonchev–Trinajstić information content (AvgIpc) is 2.28. The van der Waals surface area contributed by atoms with E-state index in [0.717, 1.165) is 6.42 Å². The molecule has 0 saturated carbocycles. The number of nitrogens with one attached hydrogen (secondary N) is 1.